The molecule has 0 atom stereocenters. The lowest BCUT2D eigenvalue weighted by Gasteiger charge is -2.10. The third-order valence-corrected chi connectivity index (χ3v) is 5.59. The van der Waals surface area contributed by atoms with Gasteiger partial charge in [0.2, 0.25) is 0 Å². The number of furan rings is 1. The van der Waals surface area contributed by atoms with Gasteiger partial charge in [-0.3, -0.25) is 0 Å². The molecule has 1 heterocycles. The molecule has 3 nitrogen and oxygen atoms in total. The third kappa shape index (κ3) is 2.55. The summed E-state index contributed by atoms with van der Waals surface area (Å²) >= 11 is 6.92. The molecule has 0 saturated heterocycles. The van der Waals surface area contributed by atoms with E-state index in [1.807, 2.05) is 60.7 Å². The molecule has 5 heteroatoms. The van der Waals surface area contributed by atoms with Gasteiger partial charge >= 0.3 is 0 Å². The molecule has 1 aromatic heterocycles. The summed E-state index contributed by atoms with van der Waals surface area (Å²) in [7, 11) is 0. The maximum atomic E-state index is 10.8. The van der Waals surface area contributed by atoms with Crippen LogP contribution < -0.4 is 0 Å². The van der Waals surface area contributed by atoms with Crippen LogP contribution in [0, 0.1) is 0 Å². The van der Waals surface area contributed by atoms with Crippen molar-refractivity contribution in [3.63, 3.8) is 0 Å². The molecule has 0 fully saturated rings. The average molecular weight is 460 g/mol. The van der Waals surface area contributed by atoms with Gasteiger partial charge in [0.05, 0.1) is 14.3 Å². The first-order valence-electron chi connectivity index (χ1n) is 7.55. The lowest BCUT2D eigenvalue weighted by molar-refractivity contribution is 0.458. The second-order valence-corrected chi connectivity index (χ2v) is 7.15. The quantitative estimate of drug-likeness (QED) is 0.328. The molecule has 0 bridgehead atoms. The van der Waals surface area contributed by atoms with E-state index in [-0.39, 0.29) is 17.1 Å². The van der Waals surface area contributed by atoms with Crippen LogP contribution in [-0.2, 0) is 0 Å². The van der Waals surface area contributed by atoms with Gasteiger partial charge in [-0.1, -0.05) is 60.7 Å². The zero-order valence-electron chi connectivity index (χ0n) is 12.8. The lowest BCUT2D eigenvalue weighted by Crippen LogP contribution is -1.84. The van der Waals surface area contributed by atoms with Gasteiger partial charge in [0.1, 0.15) is 11.5 Å². The van der Waals surface area contributed by atoms with E-state index in [0.29, 0.717) is 25.7 Å². The number of phenolic OH excluding ortho intramolecular Hbond substituents is 2. The topological polar surface area (TPSA) is 53.6 Å². The summed E-state index contributed by atoms with van der Waals surface area (Å²) in [6.07, 6.45) is 0. The summed E-state index contributed by atoms with van der Waals surface area (Å²) < 4.78 is 6.96. The molecule has 0 aliphatic carbocycles. The van der Waals surface area contributed by atoms with Crippen LogP contribution in [0.1, 0.15) is 0 Å². The van der Waals surface area contributed by atoms with E-state index in [1.54, 1.807) is 0 Å². The SMILES string of the molecule is Oc1c(-c2ccccc2)c(Br)c(O)c2c(Br)c(-c3ccccc3)oc12. The minimum Gasteiger partial charge on any atom is -0.506 e. The Bertz CT molecular complexity index is 1070. The van der Waals surface area contributed by atoms with E-state index < -0.39 is 0 Å². The van der Waals surface area contributed by atoms with E-state index in [9.17, 15) is 10.2 Å². The molecular formula is C20H12Br2O3. The summed E-state index contributed by atoms with van der Waals surface area (Å²) in [5.41, 5.74) is 2.36. The highest BCUT2D eigenvalue weighted by Crippen LogP contribution is 2.52. The van der Waals surface area contributed by atoms with E-state index in [1.165, 1.54) is 0 Å². The Morgan fingerprint density at radius 2 is 1.24 bits per heavy atom. The maximum Gasteiger partial charge on any atom is 0.182 e. The fourth-order valence-corrected chi connectivity index (χ4v) is 4.17. The Labute approximate surface area is 160 Å². The predicted molar refractivity (Wildman–Crippen MR) is 106 cm³/mol. The molecule has 0 amide bonds. The molecule has 2 N–H and O–H groups in total. The van der Waals surface area contributed by atoms with Crippen LogP contribution in [0.3, 0.4) is 0 Å². The van der Waals surface area contributed by atoms with Gasteiger partial charge in [0, 0.05) is 11.1 Å². The van der Waals surface area contributed by atoms with Crippen molar-refractivity contribution < 1.29 is 14.6 Å². The second-order valence-electron chi connectivity index (χ2n) is 5.57. The predicted octanol–water partition coefficient (Wildman–Crippen LogP) is 6.70. The molecule has 0 aliphatic rings. The highest BCUT2D eigenvalue weighted by Gasteiger charge is 2.26. The van der Waals surface area contributed by atoms with Gasteiger partial charge in [-0.15, -0.1) is 0 Å². The fraction of sp³-hybridized carbons (Fsp3) is 0. The number of halogens is 2. The summed E-state index contributed by atoms with van der Waals surface area (Å²) in [5.74, 6) is 0.552. The van der Waals surface area contributed by atoms with Gasteiger partial charge in [0.25, 0.3) is 0 Å². The van der Waals surface area contributed by atoms with Crippen LogP contribution >= 0.6 is 31.9 Å². The van der Waals surface area contributed by atoms with Gasteiger partial charge in [0.15, 0.2) is 11.3 Å². The number of fused-ring (bicyclic) bond motifs is 1. The zero-order chi connectivity index (χ0) is 17.6. The van der Waals surface area contributed by atoms with Gasteiger partial charge in [-0.25, -0.2) is 0 Å². The van der Waals surface area contributed by atoms with Crippen LogP contribution in [-0.4, -0.2) is 10.2 Å². The molecule has 4 aromatic rings. The molecule has 0 spiro atoms. The lowest BCUT2D eigenvalue weighted by atomic mass is 10.0. The van der Waals surface area contributed by atoms with Crippen molar-refractivity contribution in [2.75, 3.05) is 0 Å². The average Bonchev–Trinajstić information content (AvgIpc) is 2.99. The molecule has 0 saturated carbocycles. The van der Waals surface area contributed by atoms with E-state index in [0.717, 1.165) is 11.1 Å². The molecular weight excluding hydrogens is 448 g/mol. The number of aromatic hydroxyl groups is 2. The van der Waals surface area contributed by atoms with Crippen molar-refractivity contribution in [3.8, 4) is 33.9 Å². The van der Waals surface area contributed by atoms with Crippen molar-refractivity contribution in [2.45, 2.75) is 0 Å². The molecule has 4 rings (SSSR count). The molecule has 25 heavy (non-hydrogen) atoms. The highest BCUT2D eigenvalue weighted by molar-refractivity contribution is 9.11. The Hall–Kier alpha value is -2.24. The molecule has 0 aliphatic heterocycles. The second kappa shape index (κ2) is 6.24. The van der Waals surface area contributed by atoms with Crippen LogP contribution in [0.2, 0.25) is 0 Å². The first-order valence-corrected chi connectivity index (χ1v) is 9.14. The minimum atomic E-state index is -0.0197. The van der Waals surface area contributed by atoms with Crippen molar-refractivity contribution in [1.29, 1.82) is 0 Å². The van der Waals surface area contributed by atoms with Crippen LogP contribution in [0.5, 0.6) is 11.5 Å². The van der Waals surface area contributed by atoms with Crippen LogP contribution in [0.25, 0.3) is 33.4 Å². The fourth-order valence-electron chi connectivity index (χ4n) is 2.88. The van der Waals surface area contributed by atoms with Crippen molar-refractivity contribution in [2.24, 2.45) is 0 Å². The number of phenols is 2. The smallest absolute Gasteiger partial charge is 0.182 e. The normalized spacial score (nSPS) is 11.1. The van der Waals surface area contributed by atoms with Gasteiger partial charge in [-0.2, -0.15) is 0 Å². The van der Waals surface area contributed by atoms with E-state index in [2.05, 4.69) is 31.9 Å². The van der Waals surface area contributed by atoms with Crippen molar-refractivity contribution in [1.82, 2.24) is 0 Å². The van der Waals surface area contributed by atoms with E-state index in [4.69, 9.17) is 4.42 Å². The molecule has 0 unspecified atom stereocenters. The summed E-state index contributed by atoms with van der Waals surface area (Å²) in [6.45, 7) is 0. The Kier molecular flexibility index (Phi) is 4.06. The molecule has 124 valence electrons. The first-order chi connectivity index (χ1) is 12.1. The molecule has 3 aromatic carbocycles. The van der Waals surface area contributed by atoms with Crippen molar-refractivity contribution in [3.05, 3.63) is 69.6 Å². The van der Waals surface area contributed by atoms with Crippen LogP contribution in [0.15, 0.2) is 74.0 Å². The highest BCUT2D eigenvalue weighted by atomic mass is 79.9. The maximum absolute atomic E-state index is 10.8. The van der Waals surface area contributed by atoms with Crippen LogP contribution in [0.4, 0.5) is 0 Å². The summed E-state index contributed by atoms with van der Waals surface area (Å²) in [4.78, 5) is 0. The van der Waals surface area contributed by atoms with Gasteiger partial charge in [-0.05, 0) is 37.4 Å². The standard InChI is InChI=1S/C20H12Br2O3/c21-15-13(11-7-3-1-4-8-11)18(24)20-14(17(15)23)16(22)19(25-20)12-9-5-2-6-10-12/h1-10,23-24H. The number of benzene rings is 3. The van der Waals surface area contributed by atoms with Crippen molar-refractivity contribution >= 4 is 42.8 Å². The van der Waals surface area contributed by atoms with Gasteiger partial charge < -0.3 is 14.6 Å². The number of rotatable bonds is 2. The largest absolute Gasteiger partial charge is 0.506 e. The summed E-state index contributed by atoms with van der Waals surface area (Å²) in [6, 6.07) is 18.9. The summed E-state index contributed by atoms with van der Waals surface area (Å²) in [5, 5.41) is 22.0. The zero-order valence-corrected chi connectivity index (χ0v) is 16.0. The number of hydrogen-bond acceptors (Lipinski definition) is 3. The Morgan fingerprint density at radius 3 is 1.84 bits per heavy atom. The minimum absolute atomic E-state index is 0.0180. The monoisotopic (exact) mass is 458 g/mol. The Balaban J connectivity index is 2.07. The first kappa shape index (κ1) is 16.2. The van der Waals surface area contributed by atoms with E-state index >= 15 is 0 Å². The Morgan fingerprint density at radius 1 is 0.680 bits per heavy atom. The molecule has 0 radical (unpaired) electrons. The number of hydrogen-bond donors (Lipinski definition) is 2. The third-order valence-electron chi connectivity index (χ3n) is 4.06.